The molecule has 0 radical (unpaired) electrons. The van der Waals surface area contributed by atoms with Gasteiger partial charge in [-0.05, 0) is 78.9 Å². The number of hydrogen-bond donors (Lipinski definition) is 0. The highest BCUT2D eigenvalue weighted by atomic mass is 32.1. The summed E-state index contributed by atoms with van der Waals surface area (Å²) in [5.41, 5.74) is 11.4. The lowest BCUT2D eigenvalue weighted by Gasteiger charge is -2.26. The van der Waals surface area contributed by atoms with Gasteiger partial charge in [0.2, 0.25) is 0 Å². The van der Waals surface area contributed by atoms with Crippen LogP contribution in [0.4, 0.5) is 17.1 Å². The molecule has 0 saturated heterocycles. The molecule has 4 heterocycles. The number of anilines is 3. The number of pyridine rings is 1. The third-order valence-electron chi connectivity index (χ3n) is 12.2. The first-order valence-electron chi connectivity index (χ1n) is 20.3. The maximum atomic E-state index is 6.43. The average Bonchev–Trinajstić information content (AvgIpc) is 3.98. The van der Waals surface area contributed by atoms with E-state index in [0.717, 1.165) is 72.2 Å². The van der Waals surface area contributed by atoms with Crippen molar-refractivity contribution >= 4 is 114 Å². The number of para-hydroxylation sites is 4. The number of benzene rings is 9. The first-order chi connectivity index (χ1) is 29.7. The highest BCUT2D eigenvalue weighted by Gasteiger charge is 2.21. The number of rotatable bonds is 5. The van der Waals surface area contributed by atoms with Crippen LogP contribution in [-0.2, 0) is 0 Å². The molecule has 0 fully saturated rings. The van der Waals surface area contributed by atoms with Crippen LogP contribution < -0.4 is 4.90 Å². The third-order valence-corrected chi connectivity index (χ3v) is 13.3. The Morgan fingerprint density at radius 2 is 1.05 bits per heavy atom. The lowest BCUT2D eigenvalue weighted by Crippen LogP contribution is -2.09. The fourth-order valence-corrected chi connectivity index (χ4v) is 10.6. The summed E-state index contributed by atoms with van der Waals surface area (Å²) in [6, 6.07) is 71.8. The third kappa shape index (κ3) is 4.93. The Hall–Kier alpha value is -7.73. The van der Waals surface area contributed by atoms with E-state index in [1.165, 1.54) is 47.4 Å². The Morgan fingerprint density at radius 3 is 1.92 bits per heavy atom. The van der Waals surface area contributed by atoms with Crippen molar-refractivity contribution in [1.82, 2.24) is 9.55 Å². The number of nitrogens with zero attached hydrogens (tertiary/aromatic N) is 3. The standard InChI is InChI=1S/C55H33N3OS/c1-2-12-35(13-3-1)58-47-19-9-5-17-44(47)54-48(58)31-30-45-53(54)43-16-4-8-18-46(43)56-55(45)34-22-24-36(25-23-34)57(37-26-28-40-39-14-6-10-20-49(39)59-50(40)32-37)38-27-29-42-41-15-7-11-21-51(41)60-52(42)33-38/h1-33H. The van der Waals surface area contributed by atoms with Crippen LogP contribution in [-0.4, -0.2) is 9.55 Å². The molecule has 4 aromatic heterocycles. The van der Waals surface area contributed by atoms with Gasteiger partial charge in [0.25, 0.3) is 0 Å². The average molecular weight is 784 g/mol. The molecule has 0 unspecified atom stereocenters. The van der Waals surface area contributed by atoms with E-state index in [-0.39, 0.29) is 0 Å². The van der Waals surface area contributed by atoms with Gasteiger partial charge < -0.3 is 13.9 Å². The van der Waals surface area contributed by atoms with E-state index >= 15 is 0 Å². The molecule has 5 heteroatoms. The molecule has 0 amide bonds. The SMILES string of the molecule is c1ccc(-n2c3ccccc3c3c4c(ccc32)c(-c2ccc(N(c3ccc5c(c3)oc3ccccc35)c3ccc5c(c3)sc3ccccc35)cc2)nc2ccccc24)cc1. The fourth-order valence-electron chi connectivity index (χ4n) is 9.50. The summed E-state index contributed by atoms with van der Waals surface area (Å²) >= 11 is 1.84. The molecular weight excluding hydrogens is 751 g/mol. The van der Waals surface area contributed by atoms with Crippen molar-refractivity contribution in [2.45, 2.75) is 0 Å². The zero-order chi connectivity index (χ0) is 39.3. The topological polar surface area (TPSA) is 34.2 Å². The van der Waals surface area contributed by atoms with Gasteiger partial charge in [0, 0.05) is 92.3 Å². The number of furan rings is 1. The van der Waals surface area contributed by atoms with Crippen LogP contribution in [0.3, 0.4) is 0 Å². The molecule has 0 spiro atoms. The number of hydrogen-bond acceptors (Lipinski definition) is 4. The lowest BCUT2D eigenvalue weighted by atomic mass is 9.96. The highest BCUT2D eigenvalue weighted by Crippen LogP contribution is 2.45. The molecule has 0 aliphatic heterocycles. The molecule has 13 rings (SSSR count). The summed E-state index contributed by atoms with van der Waals surface area (Å²) in [5.74, 6) is 0. The van der Waals surface area contributed by atoms with E-state index in [1.807, 2.05) is 23.5 Å². The first-order valence-corrected chi connectivity index (χ1v) is 21.1. The van der Waals surface area contributed by atoms with Crippen molar-refractivity contribution in [3.63, 3.8) is 0 Å². The summed E-state index contributed by atoms with van der Waals surface area (Å²) in [5, 5.41) is 10.8. The van der Waals surface area contributed by atoms with Crippen LogP contribution in [0.25, 0.3) is 103 Å². The van der Waals surface area contributed by atoms with Gasteiger partial charge in [-0.3, -0.25) is 0 Å². The molecule has 0 saturated carbocycles. The lowest BCUT2D eigenvalue weighted by molar-refractivity contribution is 0.669. The second kappa shape index (κ2) is 12.9. The van der Waals surface area contributed by atoms with E-state index in [9.17, 15) is 0 Å². The maximum absolute atomic E-state index is 6.43. The van der Waals surface area contributed by atoms with E-state index in [4.69, 9.17) is 9.40 Å². The van der Waals surface area contributed by atoms with Gasteiger partial charge in [0.15, 0.2) is 0 Å². The van der Waals surface area contributed by atoms with Crippen LogP contribution in [0.15, 0.2) is 205 Å². The second-order valence-corrected chi connectivity index (χ2v) is 16.6. The molecule has 0 N–H and O–H groups in total. The van der Waals surface area contributed by atoms with Crippen LogP contribution in [0.2, 0.25) is 0 Å². The molecule has 0 aliphatic carbocycles. The molecule has 4 nitrogen and oxygen atoms in total. The van der Waals surface area contributed by atoms with Crippen molar-refractivity contribution in [3.05, 3.63) is 200 Å². The van der Waals surface area contributed by atoms with Gasteiger partial charge >= 0.3 is 0 Å². The van der Waals surface area contributed by atoms with E-state index in [0.29, 0.717) is 0 Å². The van der Waals surface area contributed by atoms with Gasteiger partial charge in [-0.25, -0.2) is 4.98 Å². The van der Waals surface area contributed by atoms with Gasteiger partial charge in [-0.15, -0.1) is 11.3 Å². The van der Waals surface area contributed by atoms with Crippen LogP contribution in [0, 0.1) is 0 Å². The number of fused-ring (bicyclic) bond motifs is 13. The summed E-state index contributed by atoms with van der Waals surface area (Å²) in [6.07, 6.45) is 0. The fraction of sp³-hybridized carbons (Fsp3) is 0. The molecule has 60 heavy (non-hydrogen) atoms. The van der Waals surface area contributed by atoms with Crippen molar-refractivity contribution in [2.75, 3.05) is 4.90 Å². The van der Waals surface area contributed by atoms with Crippen molar-refractivity contribution in [1.29, 1.82) is 0 Å². The molecule has 0 atom stereocenters. The molecule has 280 valence electrons. The Morgan fingerprint density at radius 1 is 0.417 bits per heavy atom. The summed E-state index contributed by atoms with van der Waals surface area (Å²) in [6.45, 7) is 0. The minimum absolute atomic E-state index is 0.866. The maximum Gasteiger partial charge on any atom is 0.137 e. The van der Waals surface area contributed by atoms with Crippen molar-refractivity contribution in [2.24, 2.45) is 0 Å². The predicted molar refractivity (Wildman–Crippen MR) is 254 cm³/mol. The highest BCUT2D eigenvalue weighted by molar-refractivity contribution is 7.25. The van der Waals surface area contributed by atoms with E-state index < -0.39 is 0 Å². The Labute approximate surface area is 348 Å². The predicted octanol–water partition coefficient (Wildman–Crippen LogP) is 15.9. The van der Waals surface area contributed by atoms with E-state index in [2.05, 4.69) is 198 Å². The normalized spacial score (nSPS) is 12.0. The molecule has 0 aliphatic rings. The summed E-state index contributed by atoms with van der Waals surface area (Å²) in [7, 11) is 0. The first kappa shape index (κ1) is 33.3. The van der Waals surface area contributed by atoms with Crippen molar-refractivity contribution < 1.29 is 4.42 Å². The Bertz CT molecular complexity index is 3730. The van der Waals surface area contributed by atoms with E-state index in [1.54, 1.807) is 0 Å². The molecule has 0 bridgehead atoms. The quantitative estimate of drug-likeness (QED) is 0.163. The Balaban J connectivity index is 1.01. The number of aromatic nitrogens is 2. The Kier molecular flexibility index (Phi) is 7.14. The van der Waals surface area contributed by atoms with Crippen LogP contribution in [0.1, 0.15) is 0 Å². The summed E-state index contributed by atoms with van der Waals surface area (Å²) in [4.78, 5) is 7.74. The summed E-state index contributed by atoms with van der Waals surface area (Å²) < 4.78 is 11.4. The van der Waals surface area contributed by atoms with Gasteiger partial charge in [0.05, 0.1) is 22.2 Å². The molecule has 9 aromatic carbocycles. The van der Waals surface area contributed by atoms with Gasteiger partial charge in [0.1, 0.15) is 11.2 Å². The van der Waals surface area contributed by atoms with Crippen molar-refractivity contribution in [3.8, 4) is 16.9 Å². The molecule has 13 aromatic rings. The van der Waals surface area contributed by atoms with Gasteiger partial charge in [-0.1, -0.05) is 115 Å². The zero-order valence-corrected chi connectivity index (χ0v) is 33.0. The zero-order valence-electron chi connectivity index (χ0n) is 32.2. The minimum Gasteiger partial charge on any atom is -0.456 e. The van der Waals surface area contributed by atoms with Crippen LogP contribution in [0.5, 0.6) is 0 Å². The van der Waals surface area contributed by atoms with Crippen LogP contribution >= 0.6 is 11.3 Å². The monoisotopic (exact) mass is 783 g/mol. The van der Waals surface area contributed by atoms with Gasteiger partial charge in [-0.2, -0.15) is 0 Å². The second-order valence-electron chi connectivity index (χ2n) is 15.5. The smallest absolute Gasteiger partial charge is 0.137 e. The minimum atomic E-state index is 0.866. The molecular formula is C55H33N3OS. The number of thiophene rings is 1. The largest absolute Gasteiger partial charge is 0.456 e.